The molecule has 0 heterocycles. The number of hydrogen-bond donors (Lipinski definition) is 1. The number of fused-ring (bicyclic) bond motifs is 1. The van der Waals surface area contributed by atoms with Gasteiger partial charge in [-0.05, 0) is 36.5 Å². The lowest BCUT2D eigenvalue weighted by molar-refractivity contribution is 0.155. The molecule has 92 valence electrons. The third-order valence-corrected chi connectivity index (χ3v) is 3.51. The number of hydrogen-bond acceptors (Lipinski definition) is 2. The van der Waals surface area contributed by atoms with Gasteiger partial charge in [0.05, 0.1) is 11.1 Å². The van der Waals surface area contributed by atoms with E-state index >= 15 is 0 Å². The molecule has 0 saturated heterocycles. The second kappa shape index (κ2) is 5.76. The standard InChI is InChI=1S/C13H14Cl2O2/c14-7-9(15)8-17-13-6-2-3-10-11(13)4-1-5-12(10)16/h2-3,6-7,12,16H,1,4-5,8H2. The molecular formula is C13H14Cl2O2. The van der Waals surface area contributed by atoms with E-state index < -0.39 is 0 Å². The molecule has 0 aromatic heterocycles. The van der Waals surface area contributed by atoms with E-state index in [9.17, 15) is 5.11 Å². The summed E-state index contributed by atoms with van der Waals surface area (Å²) in [6, 6.07) is 5.74. The van der Waals surface area contributed by atoms with Crippen LogP contribution in [0.2, 0.25) is 0 Å². The van der Waals surface area contributed by atoms with Gasteiger partial charge in [-0.3, -0.25) is 0 Å². The second-order valence-corrected chi connectivity index (χ2v) is 4.78. The van der Waals surface area contributed by atoms with Gasteiger partial charge in [-0.25, -0.2) is 0 Å². The van der Waals surface area contributed by atoms with Gasteiger partial charge < -0.3 is 9.84 Å². The molecule has 0 spiro atoms. The highest BCUT2D eigenvalue weighted by atomic mass is 35.5. The van der Waals surface area contributed by atoms with Crippen LogP contribution in [0.1, 0.15) is 30.1 Å². The van der Waals surface area contributed by atoms with Crippen LogP contribution in [0.4, 0.5) is 0 Å². The third-order valence-electron chi connectivity index (χ3n) is 2.92. The Morgan fingerprint density at radius 2 is 2.35 bits per heavy atom. The van der Waals surface area contributed by atoms with Gasteiger partial charge in [-0.2, -0.15) is 0 Å². The zero-order valence-electron chi connectivity index (χ0n) is 9.33. The molecule has 1 atom stereocenters. The fraction of sp³-hybridized carbons (Fsp3) is 0.385. The molecule has 0 fully saturated rings. The van der Waals surface area contributed by atoms with Gasteiger partial charge >= 0.3 is 0 Å². The molecule has 1 aromatic carbocycles. The molecule has 1 aliphatic carbocycles. The van der Waals surface area contributed by atoms with Crippen molar-refractivity contribution in [2.45, 2.75) is 25.4 Å². The summed E-state index contributed by atoms with van der Waals surface area (Å²) in [5.41, 5.74) is 3.36. The van der Waals surface area contributed by atoms with E-state index in [2.05, 4.69) is 0 Å². The Hall–Kier alpha value is -0.700. The first kappa shape index (κ1) is 12.7. The van der Waals surface area contributed by atoms with Crippen molar-refractivity contribution in [3.05, 3.63) is 39.9 Å². The van der Waals surface area contributed by atoms with Crippen molar-refractivity contribution >= 4 is 23.2 Å². The fourth-order valence-electron chi connectivity index (χ4n) is 2.10. The molecule has 0 saturated carbocycles. The van der Waals surface area contributed by atoms with Crippen LogP contribution >= 0.6 is 23.2 Å². The second-order valence-electron chi connectivity index (χ2n) is 4.08. The maximum absolute atomic E-state index is 9.90. The number of aliphatic hydroxyl groups is 1. The van der Waals surface area contributed by atoms with Crippen molar-refractivity contribution in [1.82, 2.24) is 0 Å². The average molecular weight is 273 g/mol. The van der Waals surface area contributed by atoms with Crippen LogP contribution in [0.15, 0.2) is 28.8 Å². The summed E-state index contributed by atoms with van der Waals surface area (Å²) in [5, 5.41) is 10.4. The Balaban J connectivity index is 2.20. The summed E-state index contributed by atoms with van der Waals surface area (Å²) >= 11 is 11.3. The van der Waals surface area contributed by atoms with Crippen LogP contribution in [-0.2, 0) is 6.42 Å². The third kappa shape index (κ3) is 2.95. The smallest absolute Gasteiger partial charge is 0.125 e. The molecule has 1 aromatic rings. The first-order chi connectivity index (χ1) is 8.22. The molecule has 0 bridgehead atoms. The Bertz CT molecular complexity index is 429. The average Bonchev–Trinajstić information content (AvgIpc) is 2.36. The zero-order valence-corrected chi connectivity index (χ0v) is 10.8. The van der Waals surface area contributed by atoms with Crippen LogP contribution in [0.3, 0.4) is 0 Å². The number of aliphatic hydroxyl groups excluding tert-OH is 1. The number of rotatable bonds is 3. The Labute approximate surface area is 111 Å². The SMILES string of the molecule is OC1CCCc2c(OCC(Cl)=CCl)cccc21. The van der Waals surface area contributed by atoms with Crippen molar-refractivity contribution in [2.75, 3.05) is 6.61 Å². The molecule has 1 N–H and O–H groups in total. The highest BCUT2D eigenvalue weighted by molar-refractivity contribution is 6.36. The highest BCUT2D eigenvalue weighted by Gasteiger charge is 2.20. The van der Waals surface area contributed by atoms with Crippen molar-refractivity contribution in [2.24, 2.45) is 0 Å². The minimum atomic E-state index is -0.374. The van der Waals surface area contributed by atoms with Crippen LogP contribution in [0.5, 0.6) is 5.75 Å². The van der Waals surface area contributed by atoms with E-state index in [-0.39, 0.29) is 12.7 Å². The van der Waals surface area contributed by atoms with Gasteiger partial charge in [-0.1, -0.05) is 35.3 Å². The summed E-state index contributed by atoms with van der Waals surface area (Å²) in [4.78, 5) is 0. The highest BCUT2D eigenvalue weighted by Crippen LogP contribution is 2.35. The largest absolute Gasteiger partial charge is 0.488 e. The van der Waals surface area contributed by atoms with Crippen LogP contribution in [-0.4, -0.2) is 11.7 Å². The minimum Gasteiger partial charge on any atom is -0.488 e. The summed E-state index contributed by atoms with van der Waals surface area (Å²) in [7, 11) is 0. The van der Waals surface area contributed by atoms with E-state index in [1.807, 2.05) is 18.2 Å². The molecule has 17 heavy (non-hydrogen) atoms. The number of halogens is 2. The quantitative estimate of drug-likeness (QED) is 0.908. The van der Waals surface area contributed by atoms with Gasteiger partial charge in [0.2, 0.25) is 0 Å². The fourth-order valence-corrected chi connectivity index (χ4v) is 2.22. The maximum Gasteiger partial charge on any atom is 0.125 e. The van der Waals surface area contributed by atoms with Gasteiger partial charge in [0.25, 0.3) is 0 Å². The monoisotopic (exact) mass is 272 g/mol. The van der Waals surface area contributed by atoms with Gasteiger partial charge in [0.15, 0.2) is 0 Å². The van der Waals surface area contributed by atoms with E-state index in [0.29, 0.717) is 5.03 Å². The molecule has 1 aliphatic rings. The number of benzene rings is 1. The van der Waals surface area contributed by atoms with Crippen LogP contribution in [0, 0.1) is 0 Å². The topological polar surface area (TPSA) is 29.5 Å². The maximum atomic E-state index is 9.90. The zero-order chi connectivity index (χ0) is 12.3. The van der Waals surface area contributed by atoms with E-state index in [0.717, 1.165) is 36.1 Å². The van der Waals surface area contributed by atoms with Crippen molar-refractivity contribution in [3.63, 3.8) is 0 Å². The predicted molar refractivity (Wildman–Crippen MR) is 69.6 cm³/mol. The summed E-state index contributed by atoms with van der Waals surface area (Å²) in [5.74, 6) is 0.790. The summed E-state index contributed by atoms with van der Waals surface area (Å²) < 4.78 is 5.61. The molecule has 0 amide bonds. The normalized spacial score (nSPS) is 19.9. The predicted octanol–water partition coefficient (Wildman–Crippen LogP) is 3.75. The Morgan fingerprint density at radius 1 is 1.53 bits per heavy atom. The van der Waals surface area contributed by atoms with Crippen molar-refractivity contribution < 1.29 is 9.84 Å². The first-order valence-corrected chi connectivity index (χ1v) is 6.41. The van der Waals surface area contributed by atoms with E-state index in [4.69, 9.17) is 27.9 Å². The lowest BCUT2D eigenvalue weighted by atomic mass is 9.89. The molecule has 1 unspecified atom stereocenters. The van der Waals surface area contributed by atoms with Crippen LogP contribution in [0.25, 0.3) is 0 Å². The van der Waals surface area contributed by atoms with Gasteiger partial charge in [0.1, 0.15) is 12.4 Å². The molecule has 2 rings (SSSR count). The van der Waals surface area contributed by atoms with Crippen LogP contribution < -0.4 is 4.74 Å². The molecular weight excluding hydrogens is 259 g/mol. The summed E-state index contributed by atoms with van der Waals surface area (Å²) in [6.07, 6.45) is 2.36. The Morgan fingerprint density at radius 3 is 3.12 bits per heavy atom. The minimum absolute atomic E-state index is 0.262. The van der Waals surface area contributed by atoms with Gasteiger partial charge in [-0.15, -0.1) is 0 Å². The van der Waals surface area contributed by atoms with Crippen molar-refractivity contribution in [3.8, 4) is 5.75 Å². The molecule has 0 aliphatic heterocycles. The van der Waals surface area contributed by atoms with Gasteiger partial charge in [0, 0.05) is 5.54 Å². The first-order valence-electron chi connectivity index (χ1n) is 5.59. The Kier molecular flexibility index (Phi) is 4.32. The summed E-state index contributed by atoms with van der Waals surface area (Å²) in [6.45, 7) is 0.262. The number of ether oxygens (including phenoxy) is 1. The lowest BCUT2D eigenvalue weighted by Gasteiger charge is -2.23. The molecule has 2 nitrogen and oxygen atoms in total. The van der Waals surface area contributed by atoms with E-state index in [1.54, 1.807) is 0 Å². The molecule has 4 heteroatoms. The van der Waals surface area contributed by atoms with E-state index in [1.165, 1.54) is 5.54 Å². The van der Waals surface area contributed by atoms with Crippen molar-refractivity contribution in [1.29, 1.82) is 0 Å². The lowest BCUT2D eigenvalue weighted by Crippen LogP contribution is -2.11. The molecule has 0 radical (unpaired) electrons.